The summed E-state index contributed by atoms with van der Waals surface area (Å²) < 4.78 is 64.9. The summed E-state index contributed by atoms with van der Waals surface area (Å²) in [6.07, 6.45) is -0.271. The van der Waals surface area contributed by atoms with E-state index in [-0.39, 0.29) is 30.3 Å². The first kappa shape index (κ1) is 35.7. The van der Waals surface area contributed by atoms with E-state index in [0.29, 0.717) is 24.8 Å². The molecule has 1 saturated heterocycles. The van der Waals surface area contributed by atoms with Crippen molar-refractivity contribution >= 4 is 31.7 Å². The molecule has 1 fully saturated rings. The lowest BCUT2D eigenvalue weighted by atomic mass is 9.85. The minimum Gasteiger partial charge on any atom is -0.482 e. The molecule has 266 valence electrons. The quantitative estimate of drug-likeness (QED) is 0.183. The van der Waals surface area contributed by atoms with Crippen LogP contribution >= 0.6 is 7.82 Å². The van der Waals surface area contributed by atoms with Gasteiger partial charge in [-0.05, 0) is 32.8 Å². The smallest absolute Gasteiger partial charge is 0.482 e. The number of carbonyl (C=O) groups excluding carboxylic acids is 3. The zero-order valence-electron chi connectivity index (χ0n) is 26.4. The summed E-state index contributed by atoms with van der Waals surface area (Å²) in [5, 5.41) is 6.47. The van der Waals surface area contributed by atoms with E-state index in [1.54, 1.807) is 0 Å². The number of nitrogens with zero attached hydrogens (tertiary/aromatic N) is 3. The van der Waals surface area contributed by atoms with Crippen LogP contribution in [-0.4, -0.2) is 87.9 Å². The van der Waals surface area contributed by atoms with Crippen LogP contribution in [0.2, 0.25) is 0 Å². The highest BCUT2D eigenvalue weighted by molar-refractivity contribution is 7.46. The van der Waals surface area contributed by atoms with Crippen LogP contribution in [-0.2, 0) is 34.7 Å². The maximum Gasteiger partial charge on any atom is 0.511 e. The molecule has 5 rings (SSSR count). The molecule has 1 aromatic heterocycles. The molecule has 20 heteroatoms. The number of methoxy groups -OCH3 is 1. The first-order valence-corrected chi connectivity index (χ1v) is 16.4. The van der Waals surface area contributed by atoms with Crippen molar-refractivity contribution in [3.8, 4) is 5.75 Å². The number of phosphoric ester groups is 1. The van der Waals surface area contributed by atoms with Gasteiger partial charge >= 0.3 is 14.0 Å². The molecule has 0 unspecified atom stereocenters. The number of nitrogens with one attached hydrogen (secondary N) is 1. The molecule has 1 aromatic carbocycles. The number of ether oxygens (including phenoxy) is 4. The van der Waals surface area contributed by atoms with Crippen molar-refractivity contribution in [3.05, 3.63) is 63.1 Å². The Bertz CT molecular complexity index is 1780. The Morgan fingerprint density at radius 2 is 2.02 bits per heavy atom. The fourth-order valence-electron chi connectivity index (χ4n) is 5.82. The average molecular weight is 715 g/mol. The van der Waals surface area contributed by atoms with Gasteiger partial charge in [0.05, 0.1) is 26.2 Å². The van der Waals surface area contributed by atoms with Crippen molar-refractivity contribution in [2.45, 2.75) is 63.4 Å². The highest BCUT2D eigenvalue weighted by Gasteiger charge is 2.55. The second kappa shape index (κ2) is 14.1. The number of phosphoric acid groups is 1. The molecule has 4 heterocycles. The summed E-state index contributed by atoms with van der Waals surface area (Å²) in [5.74, 6) is -3.71. The molecule has 2 amide bonds. The number of fused-ring (bicyclic) bond motifs is 5. The zero-order valence-corrected chi connectivity index (χ0v) is 27.3. The minimum atomic E-state index is -4.84. The van der Waals surface area contributed by atoms with E-state index in [0.717, 1.165) is 12.1 Å². The van der Waals surface area contributed by atoms with Crippen molar-refractivity contribution in [2.24, 2.45) is 5.16 Å². The number of hydrogen-bond acceptors (Lipinski definition) is 12. The van der Waals surface area contributed by atoms with E-state index < -0.39 is 91.9 Å². The summed E-state index contributed by atoms with van der Waals surface area (Å²) >= 11 is 0. The maximum atomic E-state index is 14.3. The Kier molecular flexibility index (Phi) is 10.3. The molecule has 2 aromatic rings. The van der Waals surface area contributed by atoms with Gasteiger partial charge in [-0.3, -0.25) is 18.9 Å². The lowest BCUT2D eigenvalue weighted by Crippen LogP contribution is -2.52. The van der Waals surface area contributed by atoms with Gasteiger partial charge in [0.25, 0.3) is 11.8 Å². The van der Waals surface area contributed by atoms with Crippen LogP contribution in [0.25, 0.3) is 0 Å². The number of oxime groups is 1. The number of hydrogen-bond donors (Lipinski definition) is 3. The molecule has 0 radical (unpaired) electrons. The summed E-state index contributed by atoms with van der Waals surface area (Å²) in [7, 11) is -3.41. The molecule has 1 spiro atoms. The Balaban J connectivity index is 1.48. The predicted octanol–water partition coefficient (Wildman–Crippen LogP) is 2.34. The van der Waals surface area contributed by atoms with Crippen LogP contribution in [0.1, 0.15) is 65.6 Å². The normalized spacial score (nSPS) is 22.0. The lowest BCUT2D eigenvalue weighted by Gasteiger charge is -2.42. The standard InChI is InChI=1S/C29H33F2N4O13P/c1-15-6-7-29(9-22(43-3)33-48-29)21-12-34(15)27(38)23-25(44-14-45-28(39)47-16(2)13-46-49(40,41)42)24(36)19(11-35(21)23)26(37)32-10-17-4-5-18(30)8-20(17)31/h4-5,8,11,15-16,21H,6-7,9-10,12-14H2,1-3H3,(H,32,37)(H2,40,41,42)/t15-,16+,21+,29-/m0/s1. The zero-order chi connectivity index (χ0) is 35.7. The first-order valence-electron chi connectivity index (χ1n) is 14.9. The van der Waals surface area contributed by atoms with E-state index >= 15 is 0 Å². The van der Waals surface area contributed by atoms with Gasteiger partial charge in [-0.15, -0.1) is 0 Å². The second-order valence-corrected chi connectivity index (χ2v) is 12.9. The Hall–Kier alpha value is -4.58. The van der Waals surface area contributed by atoms with E-state index in [1.165, 1.54) is 29.7 Å². The molecule has 2 bridgehead atoms. The third kappa shape index (κ3) is 7.69. The number of amides is 2. The van der Waals surface area contributed by atoms with Crippen molar-refractivity contribution in [1.82, 2.24) is 14.8 Å². The largest absolute Gasteiger partial charge is 0.511 e. The second-order valence-electron chi connectivity index (χ2n) is 11.6. The number of aromatic nitrogens is 1. The summed E-state index contributed by atoms with van der Waals surface area (Å²) in [6, 6.07) is 1.72. The lowest BCUT2D eigenvalue weighted by molar-refractivity contribution is -0.0658. The molecule has 0 aliphatic carbocycles. The molecule has 4 atom stereocenters. The van der Waals surface area contributed by atoms with Crippen LogP contribution in [0.4, 0.5) is 13.6 Å². The van der Waals surface area contributed by atoms with Crippen LogP contribution in [0.5, 0.6) is 5.75 Å². The van der Waals surface area contributed by atoms with E-state index in [4.69, 9.17) is 33.6 Å². The number of benzene rings is 1. The third-order valence-electron chi connectivity index (χ3n) is 8.36. The van der Waals surface area contributed by atoms with Gasteiger partial charge in [-0.2, -0.15) is 0 Å². The molecule has 17 nitrogen and oxygen atoms in total. The fraction of sp³-hybridized carbons (Fsp3) is 0.483. The monoisotopic (exact) mass is 714 g/mol. The fourth-order valence-corrected chi connectivity index (χ4v) is 6.22. The topological polar surface area (TPSA) is 214 Å². The predicted molar refractivity (Wildman–Crippen MR) is 160 cm³/mol. The summed E-state index contributed by atoms with van der Waals surface area (Å²) in [5.41, 5.74) is -2.99. The van der Waals surface area contributed by atoms with Crippen LogP contribution in [0.3, 0.4) is 0 Å². The molecular weight excluding hydrogens is 681 g/mol. The molecule has 3 N–H and O–H groups in total. The average Bonchev–Trinajstić information content (AvgIpc) is 3.42. The van der Waals surface area contributed by atoms with Crippen LogP contribution < -0.4 is 15.5 Å². The molecule has 49 heavy (non-hydrogen) atoms. The van der Waals surface area contributed by atoms with Gasteiger partial charge in [0.15, 0.2) is 11.3 Å². The maximum absolute atomic E-state index is 14.3. The Morgan fingerprint density at radius 1 is 1.27 bits per heavy atom. The van der Waals surface area contributed by atoms with Gasteiger partial charge in [-0.25, -0.2) is 18.1 Å². The summed E-state index contributed by atoms with van der Waals surface area (Å²) in [4.78, 5) is 78.6. The highest BCUT2D eigenvalue weighted by Crippen LogP contribution is 2.46. The molecule has 3 aliphatic rings. The van der Waals surface area contributed by atoms with Gasteiger partial charge in [0.1, 0.15) is 23.3 Å². The molecule has 3 aliphatic heterocycles. The van der Waals surface area contributed by atoms with E-state index in [9.17, 15) is 32.5 Å². The van der Waals surface area contributed by atoms with Crippen LogP contribution in [0, 0.1) is 11.6 Å². The molecule has 0 saturated carbocycles. The number of pyridine rings is 1. The summed E-state index contributed by atoms with van der Waals surface area (Å²) in [6.45, 7) is 1.09. The Labute approximate surface area is 276 Å². The first-order chi connectivity index (χ1) is 23.1. The van der Waals surface area contributed by atoms with Gasteiger partial charge in [-0.1, -0.05) is 11.2 Å². The Morgan fingerprint density at radius 3 is 2.69 bits per heavy atom. The highest BCUT2D eigenvalue weighted by atomic mass is 31.2. The van der Waals surface area contributed by atoms with Crippen molar-refractivity contribution in [3.63, 3.8) is 0 Å². The van der Waals surface area contributed by atoms with Gasteiger partial charge in [0, 0.05) is 37.0 Å². The van der Waals surface area contributed by atoms with Gasteiger partial charge in [0.2, 0.25) is 23.9 Å². The minimum absolute atomic E-state index is 0.0669. The molecular formula is C29H33F2N4O13P. The SMILES string of the molecule is COC1=NO[C@@]2(CC[C@H](C)N3C[C@H]2n2cc(C(=O)NCc4ccc(F)cc4F)c(=O)c(OCOC(=O)O[C@H](C)COP(=O)(O)O)c2C3=O)C1. The van der Waals surface area contributed by atoms with Crippen molar-refractivity contribution < 1.29 is 65.8 Å². The number of rotatable bonds is 10. The number of carbonyl (C=O) groups is 3. The number of halogens is 2. The van der Waals surface area contributed by atoms with E-state index in [2.05, 4.69) is 15.0 Å². The van der Waals surface area contributed by atoms with Gasteiger partial charge < -0.3 is 48.4 Å². The van der Waals surface area contributed by atoms with Crippen LogP contribution in [0.15, 0.2) is 34.3 Å². The third-order valence-corrected chi connectivity index (χ3v) is 8.84. The van der Waals surface area contributed by atoms with Crippen molar-refractivity contribution in [2.75, 3.05) is 27.1 Å². The van der Waals surface area contributed by atoms with Crippen molar-refractivity contribution in [1.29, 1.82) is 0 Å². The van der Waals surface area contributed by atoms with E-state index in [1.807, 2.05) is 6.92 Å².